The molecule has 2 aliphatic rings. The second-order valence-electron chi connectivity index (χ2n) is 6.76. The van der Waals surface area contributed by atoms with Gasteiger partial charge < -0.3 is 4.74 Å². The number of alkyl halides is 1. The quantitative estimate of drug-likeness (QED) is 0.255. The van der Waals surface area contributed by atoms with Gasteiger partial charge in [0, 0.05) is 0 Å². The second kappa shape index (κ2) is 6.50. The summed E-state index contributed by atoms with van der Waals surface area (Å²) < 4.78 is 5.76. The first-order valence-corrected chi connectivity index (χ1v) is 9.68. The Hall–Kier alpha value is -0.580. The van der Waals surface area contributed by atoms with Crippen LogP contribution in [0.2, 0.25) is 0 Å². The molecule has 1 saturated heterocycles. The molecule has 1 aromatic rings. The Bertz CT molecular complexity index is 529. The molecule has 0 bridgehead atoms. The number of cyclic esters (lactones) is 1. The number of ether oxygens (including phenoxy) is 1. The van der Waals surface area contributed by atoms with Crippen molar-refractivity contribution in [1.29, 1.82) is 0 Å². The second-order valence-corrected chi connectivity index (χ2v) is 8.69. The van der Waals surface area contributed by atoms with E-state index < -0.39 is 0 Å². The highest BCUT2D eigenvalue weighted by molar-refractivity contribution is 14.1. The Kier molecular flexibility index (Phi) is 4.81. The molecule has 3 heteroatoms. The van der Waals surface area contributed by atoms with Gasteiger partial charge in [0.1, 0.15) is 11.5 Å². The number of benzene rings is 1. The lowest BCUT2D eigenvalue weighted by atomic mass is 9.93. The van der Waals surface area contributed by atoms with Crippen LogP contribution in [0.5, 0.6) is 0 Å². The van der Waals surface area contributed by atoms with Gasteiger partial charge in [-0.2, -0.15) is 0 Å². The monoisotopic (exact) mass is 412 g/mol. The van der Waals surface area contributed by atoms with Crippen molar-refractivity contribution in [3.8, 4) is 0 Å². The highest BCUT2D eigenvalue weighted by Gasteiger charge is 2.80. The van der Waals surface area contributed by atoms with E-state index >= 15 is 0 Å². The van der Waals surface area contributed by atoms with Gasteiger partial charge in [-0.15, -0.1) is 0 Å². The van der Waals surface area contributed by atoms with Crippen LogP contribution in [-0.4, -0.2) is 15.5 Å². The van der Waals surface area contributed by atoms with E-state index in [9.17, 15) is 4.79 Å². The lowest BCUT2D eigenvalue weighted by Crippen LogP contribution is -2.24. The van der Waals surface area contributed by atoms with Gasteiger partial charge in [0.15, 0.2) is 0 Å². The van der Waals surface area contributed by atoms with Gasteiger partial charge in [0.2, 0.25) is 0 Å². The van der Waals surface area contributed by atoms with Gasteiger partial charge in [0.25, 0.3) is 0 Å². The van der Waals surface area contributed by atoms with Crippen LogP contribution in [0, 0.1) is 0 Å². The van der Waals surface area contributed by atoms with Crippen LogP contribution >= 0.6 is 22.6 Å². The molecular weight excluding hydrogens is 387 g/mol. The zero-order valence-corrected chi connectivity index (χ0v) is 15.5. The molecule has 0 unspecified atom stereocenters. The van der Waals surface area contributed by atoms with Crippen molar-refractivity contribution in [2.75, 3.05) is 0 Å². The number of carbonyl (C=O) groups excluding carboxylic acids is 1. The predicted molar refractivity (Wildman–Crippen MR) is 97.4 cm³/mol. The van der Waals surface area contributed by atoms with Crippen LogP contribution in [0.3, 0.4) is 0 Å². The molecule has 1 aromatic carbocycles. The van der Waals surface area contributed by atoms with E-state index in [1.54, 1.807) is 0 Å². The maximum absolute atomic E-state index is 12.5. The summed E-state index contributed by atoms with van der Waals surface area (Å²) >= 11 is 2.50. The predicted octanol–water partition coefficient (Wildman–Crippen LogP) is 5.18. The molecule has 0 spiro atoms. The Labute approximate surface area is 147 Å². The molecule has 2 nitrogen and oxygen atoms in total. The number of unbranched alkanes of at least 4 members (excludes halogenated alkanes) is 5. The average Bonchev–Trinajstić information content (AvgIpc) is 3.13. The lowest BCUT2D eigenvalue weighted by Gasteiger charge is -2.16. The highest BCUT2D eigenvalue weighted by atomic mass is 127. The molecule has 3 rings (SSSR count). The van der Waals surface area contributed by atoms with Crippen LogP contribution in [-0.2, 0) is 14.9 Å². The molecule has 0 amide bonds. The van der Waals surface area contributed by atoms with E-state index in [0.29, 0.717) is 0 Å². The average molecular weight is 412 g/mol. The third kappa shape index (κ3) is 2.59. The van der Waals surface area contributed by atoms with Gasteiger partial charge in [-0.05, 0) is 24.8 Å². The number of halogens is 1. The summed E-state index contributed by atoms with van der Waals surface area (Å²) in [5, 5.41) is 0. The van der Waals surface area contributed by atoms with Gasteiger partial charge in [0.05, 0.1) is 3.42 Å². The summed E-state index contributed by atoms with van der Waals surface area (Å²) in [5.74, 6) is 0.00378. The van der Waals surface area contributed by atoms with E-state index in [1.807, 2.05) is 18.2 Å². The zero-order valence-electron chi connectivity index (χ0n) is 13.3. The summed E-state index contributed by atoms with van der Waals surface area (Å²) in [5.41, 5.74) is 0.779. The van der Waals surface area contributed by atoms with Crippen molar-refractivity contribution in [1.82, 2.24) is 0 Å². The molecule has 2 fully saturated rings. The molecule has 3 atom stereocenters. The van der Waals surface area contributed by atoms with Gasteiger partial charge in [-0.1, -0.05) is 92.0 Å². The van der Waals surface area contributed by atoms with Crippen LogP contribution in [0.15, 0.2) is 30.3 Å². The Balaban J connectivity index is 1.58. The standard InChI is InChI=1S/C19H25IO2/c1-2-3-4-5-6-10-13-16-19(20)14-18(19,17(21)22-16)15-11-8-7-9-12-15/h7-9,11-12,16H,2-6,10,13-14H2,1H3/t16-,18-,19+/m1/s1. The molecule has 1 saturated carbocycles. The molecule has 0 radical (unpaired) electrons. The third-order valence-corrected chi connectivity index (χ3v) is 7.30. The van der Waals surface area contributed by atoms with Crippen molar-refractivity contribution >= 4 is 28.6 Å². The van der Waals surface area contributed by atoms with Crippen molar-refractivity contribution < 1.29 is 9.53 Å². The first-order valence-electron chi connectivity index (χ1n) is 8.60. The molecule has 1 aliphatic carbocycles. The molecule has 120 valence electrons. The number of carbonyl (C=O) groups is 1. The summed E-state index contributed by atoms with van der Waals surface area (Å²) in [6, 6.07) is 10.2. The SMILES string of the molecule is CCCCCCCC[C@H]1OC(=O)[C@]2(c3ccccc3)C[C@]12I. The fourth-order valence-electron chi connectivity index (χ4n) is 3.88. The van der Waals surface area contributed by atoms with E-state index in [2.05, 4.69) is 41.6 Å². The largest absolute Gasteiger partial charge is 0.460 e. The highest BCUT2D eigenvalue weighted by Crippen LogP contribution is 2.70. The first kappa shape index (κ1) is 16.3. The number of hydrogen-bond donors (Lipinski definition) is 0. The summed E-state index contributed by atoms with van der Waals surface area (Å²) in [6.45, 7) is 2.24. The molecule has 1 heterocycles. The van der Waals surface area contributed by atoms with E-state index in [4.69, 9.17) is 4.74 Å². The van der Waals surface area contributed by atoms with Crippen LogP contribution in [0.25, 0.3) is 0 Å². The number of esters is 1. The normalized spacial score (nSPS) is 32.6. The lowest BCUT2D eigenvalue weighted by molar-refractivity contribution is -0.146. The molecule has 1 aliphatic heterocycles. The number of rotatable bonds is 8. The zero-order chi connectivity index (χ0) is 15.6. The fourth-order valence-corrected chi connectivity index (χ4v) is 5.42. The number of fused-ring (bicyclic) bond motifs is 1. The summed E-state index contributed by atoms with van der Waals surface area (Å²) in [6.07, 6.45) is 9.79. The Morgan fingerprint density at radius 3 is 2.50 bits per heavy atom. The third-order valence-electron chi connectivity index (χ3n) is 5.30. The maximum Gasteiger partial charge on any atom is 0.318 e. The number of hydrogen-bond acceptors (Lipinski definition) is 2. The molecule has 0 aromatic heterocycles. The van der Waals surface area contributed by atoms with Crippen LogP contribution < -0.4 is 0 Å². The van der Waals surface area contributed by atoms with E-state index in [0.717, 1.165) is 18.4 Å². The van der Waals surface area contributed by atoms with Gasteiger partial charge in [-0.3, -0.25) is 4.79 Å². The fraction of sp³-hybridized carbons (Fsp3) is 0.632. The van der Waals surface area contributed by atoms with Gasteiger partial charge in [-0.25, -0.2) is 0 Å². The molecule has 0 N–H and O–H groups in total. The first-order chi connectivity index (χ1) is 10.6. The minimum absolute atomic E-state index is 0.00378. The Morgan fingerprint density at radius 1 is 1.14 bits per heavy atom. The Morgan fingerprint density at radius 2 is 1.82 bits per heavy atom. The van der Waals surface area contributed by atoms with Crippen molar-refractivity contribution in [2.45, 2.75) is 73.2 Å². The van der Waals surface area contributed by atoms with Crippen molar-refractivity contribution in [2.24, 2.45) is 0 Å². The van der Waals surface area contributed by atoms with Crippen LogP contribution in [0.1, 0.15) is 63.9 Å². The molecular formula is C19H25IO2. The van der Waals surface area contributed by atoms with E-state index in [1.165, 1.54) is 38.5 Å². The molecule has 22 heavy (non-hydrogen) atoms. The summed E-state index contributed by atoms with van der Waals surface area (Å²) in [7, 11) is 0. The van der Waals surface area contributed by atoms with E-state index in [-0.39, 0.29) is 20.9 Å². The van der Waals surface area contributed by atoms with Crippen molar-refractivity contribution in [3.63, 3.8) is 0 Å². The topological polar surface area (TPSA) is 26.3 Å². The minimum Gasteiger partial charge on any atom is -0.460 e. The van der Waals surface area contributed by atoms with Crippen molar-refractivity contribution in [3.05, 3.63) is 35.9 Å². The van der Waals surface area contributed by atoms with Gasteiger partial charge >= 0.3 is 5.97 Å². The van der Waals surface area contributed by atoms with Crippen LogP contribution in [0.4, 0.5) is 0 Å². The minimum atomic E-state index is -0.359. The smallest absolute Gasteiger partial charge is 0.318 e. The maximum atomic E-state index is 12.5. The summed E-state index contributed by atoms with van der Waals surface area (Å²) in [4.78, 5) is 12.5.